The van der Waals surface area contributed by atoms with Gasteiger partial charge in [0.05, 0.1) is 14.2 Å². The van der Waals surface area contributed by atoms with E-state index in [0.29, 0.717) is 16.5 Å². The van der Waals surface area contributed by atoms with Gasteiger partial charge in [-0.2, -0.15) is 4.37 Å². The molecular formula is C14H13N3O2S. The maximum absolute atomic E-state index is 5.81. The summed E-state index contributed by atoms with van der Waals surface area (Å²) >= 11 is 1.26. The normalized spacial score (nSPS) is 10.7. The average molecular weight is 287 g/mol. The first-order valence-corrected chi connectivity index (χ1v) is 6.73. The van der Waals surface area contributed by atoms with Crippen molar-refractivity contribution in [2.75, 3.05) is 20.0 Å². The number of hydrogen-bond donors (Lipinski definition) is 1. The zero-order valence-electron chi connectivity index (χ0n) is 11.1. The number of benzene rings is 1. The highest BCUT2D eigenvalue weighted by molar-refractivity contribution is 7.11. The molecule has 0 atom stereocenters. The number of nitrogens with two attached hydrogens (primary N) is 1. The minimum atomic E-state index is 0.638. The molecule has 2 N–H and O–H groups in total. The van der Waals surface area contributed by atoms with Gasteiger partial charge in [-0.1, -0.05) is 6.07 Å². The van der Waals surface area contributed by atoms with Crippen LogP contribution in [0.2, 0.25) is 0 Å². The summed E-state index contributed by atoms with van der Waals surface area (Å²) in [6.07, 6.45) is 1.79. The molecule has 0 aliphatic rings. The molecule has 0 aliphatic heterocycles. The zero-order chi connectivity index (χ0) is 14.1. The average Bonchev–Trinajstić information content (AvgIpc) is 2.87. The highest BCUT2D eigenvalue weighted by Crippen LogP contribution is 2.33. The van der Waals surface area contributed by atoms with E-state index in [0.717, 1.165) is 22.2 Å². The molecule has 0 radical (unpaired) electrons. The Balaban J connectivity index is 2.10. The van der Waals surface area contributed by atoms with Gasteiger partial charge in [0.25, 0.3) is 0 Å². The van der Waals surface area contributed by atoms with Gasteiger partial charge < -0.3 is 15.2 Å². The van der Waals surface area contributed by atoms with E-state index in [2.05, 4.69) is 9.36 Å². The van der Waals surface area contributed by atoms with E-state index in [1.807, 2.05) is 24.3 Å². The predicted molar refractivity (Wildman–Crippen MR) is 80.4 cm³/mol. The van der Waals surface area contributed by atoms with Gasteiger partial charge in [0.2, 0.25) is 0 Å². The van der Waals surface area contributed by atoms with Crippen molar-refractivity contribution < 1.29 is 9.47 Å². The van der Waals surface area contributed by atoms with Gasteiger partial charge in [-0.3, -0.25) is 4.98 Å². The second-order valence-corrected chi connectivity index (χ2v) is 5.01. The first-order valence-electron chi connectivity index (χ1n) is 5.96. The monoisotopic (exact) mass is 287 g/mol. The van der Waals surface area contributed by atoms with E-state index in [1.54, 1.807) is 20.4 Å². The molecule has 0 aliphatic carbocycles. The molecular weight excluding hydrogens is 274 g/mol. The van der Waals surface area contributed by atoms with Crippen molar-refractivity contribution in [3.05, 3.63) is 30.5 Å². The third kappa shape index (κ3) is 2.04. The van der Waals surface area contributed by atoms with Crippen LogP contribution in [0.3, 0.4) is 0 Å². The molecule has 0 unspecified atom stereocenters. The Bertz CT molecular complexity index is 770. The summed E-state index contributed by atoms with van der Waals surface area (Å²) in [5, 5.41) is 0.638. The lowest BCUT2D eigenvalue weighted by Crippen LogP contribution is -1.91. The van der Waals surface area contributed by atoms with E-state index in [9.17, 15) is 0 Å². The summed E-state index contributed by atoms with van der Waals surface area (Å²) in [5.74, 6) is 1.38. The number of anilines is 1. The molecule has 1 aromatic carbocycles. The highest BCUT2D eigenvalue weighted by Gasteiger charge is 2.09. The minimum absolute atomic E-state index is 0.638. The van der Waals surface area contributed by atoms with E-state index < -0.39 is 0 Å². The number of rotatable bonds is 3. The summed E-state index contributed by atoms with van der Waals surface area (Å²) in [6.45, 7) is 0. The number of ether oxygens (including phenoxy) is 2. The Kier molecular flexibility index (Phi) is 3.15. The molecule has 102 valence electrons. The minimum Gasteiger partial charge on any atom is -0.493 e. The maximum Gasteiger partial charge on any atom is 0.161 e. The number of nitrogens with zero attached hydrogens (tertiary/aromatic N) is 2. The molecule has 6 heteroatoms. The lowest BCUT2D eigenvalue weighted by Gasteiger charge is -2.09. The van der Waals surface area contributed by atoms with Crippen molar-refractivity contribution in [3.63, 3.8) is 0 Å². The van der Waals surface area contributed by atoms with Crippen molar-refractivity contribution in [3.8, 4) is 22.6 Å². The molecule has 0 fully saturated rings. The summed E-state index contributed by atoms with van der Waals surface area (Å²) in [5.41, 5.74) is 9.31. The van der Waals surface area contributed by atoms with Gasteiger partial charge in [-0.15, -0.1) is 0 Å². The second kappa shape index (κ2) is 4.97. The molecule has 0 saturated carbocycles. The number of fused-ring (bicyclic) bond motifs is 1. The van der Waals surface area contributed by atoms with Gasteiger partial charge >= 0.3 is 0 Å². The van der Waals surface area contributed by atoms with Crippen molar-refractivity contribution in [1.29, 1.82) is 0 Å². The summed E-state index contributed by atoms with van der Waals surface area (Å²) < 4.78 is 14.8. The smallest absolute Gasteiger partial charge is 0.161 e. The number of hydrogen-bond acceptors (Lipinski definition) is 6. The van der Waals surface area contributed by atoms with Crippen molar-refractivity contribution >= 4 is 27.6 Å². The van der Waals surface area contributed by atoms with Crippen LogP contribution in [0, 0.1) is 0 Å². The van der Waals surface area contributed by atoms with Crippen LogP contribution in [-0.2, 0) is 0 Å². The molecule has 3 rings (SSSR count). The van der Waals surface area contributed by atoms with E-state index in [1.165, 1.54) is 11.5 Å². The molecule has 2 heterocycles. The molecule has 0 amide bonds. The number of nitrogen functional groups attached to an aromatic ring is 1. The Hall–Kier alpha value is -2.34. The van der Waals surface area contributed by atoms with Crippen LogP contribution in [-0.4, -0.2) is 23.6 Å². The van der Waals surface area contributed by atoms with Crippen molar-refractivity contribution in [2.24, 2.45) is 0 Å². The molecule has 2 aromatic heterocycles. The Morgan fingerprint density at radius 1 is 1.05 bits per heavy atom. The molecule has 0 saturated heterocycles. The molecule has 3 aromatic rings. The Labute approximate surface area is 120 Å². The van der Waals surface area contributed by atoms with Crippen LogP contribution < -0.4 is 15.2 Å². The Morgan fingerprint density at radius 3 is 2.60 bits per heavy atom. The fourth-order valence-corrected chi connectivity index (χ4v) is 2.61. The van der Waals surface area contributed by atoms with Crippen LogP contribution in [0.15, 0.2) is 30.5 Å². The Morgan fingerprint density at radius 2 is 1.85 bits per heavy atom. The quantitative estimate of drug-likeness (QED) is 0.802. The standard InChI is InChI=1S/C14H13N3O2S/c1-18-11-4-3-8(6-12(11)19-2)9-5-10-13(16-7-9)14(15)20-17-10/h3-7H,15H2,1-2H3. The highest BCUT2D eigenvalue weighted by atomic mass is 32.1. The third-order valence-electron chi connectivity index (χ3n) is 3.06. The largest absolute Gasteiger partial charge is 0.493 e. The van der Waals surface area contributed by atoms with Crippen molar-refractivity contribution in [2.45, 2.75) is 0 Å². The second-order valence-electron chi connectivity index (χ2n) is 4.21. The third-order valence-corrected chi connectivity index (χ3v) is 3.74. The molecule has 0 spiro atoms. The van der Waals surface area contributed by atoms with Crippen molar-refractivity contribution in [1.82, 2.24) is 9.36 Å². The van der Waals surface area contributed by atoms with Gasteiger partial charge in [0.1, 0.15) is 16.0 Å². The first kappa shape index (κ1) is 12.7. The predicted octanol–water partition coefficient (Wildman–Crippen LogP) is 2.96. The molecule has 20 heavy (non-hydrogen) atoms. The van der Waals surface area contributed by atoms with Crippen LogP contribution in [0.4, 0.5) is 5.00 Å². The topological polar surface area (TPSA) is 70.3 Å². The number of pyridine rings is 1. The SMILES string of the molecule is COc1ccc(-c2cnc3c(N)snc3c2)cc1OC. The fraction of sp³-hybridized carbons (Fsp3) is 0.143. The molecule has 0 bridgehead atoms. The van der Waals surface area contributed by atoms with E-state index in [4.69, 9.17) is 15.2 Å². The summed E-state index contributed by atoms with van der Waals surface area (Å²) in [7, 11) is 3.23. The molecule has 5 nitrogen and oxygen atoms in total. The lowest BCUT2D eigenvalue weighted by molar-refractivity contribution is 0.355. The van der Waals surface area contributed by atoms with Gasteiger partial charge in [-0.05, 0) is 35.3 Å². The van der Waals surface area contributed by atoms with Gasteiger partial charge in [0.15, 0.2) is 11.5 Å². The van der Waals surface area contributed by atoms with E-state index >= 15 is 0 Å². The van der Waals surface area contributed by atoms with Gasteiger partial charge in [0, 0.05) is 11.8 Å². The lowest BCUT2D eigenvalue weighted by atomic mass is 10.1. The van der Waals surface area contributed by atoms with Gasteiger partial charge in [-0.25, -0.2) is 0 Å². The van der Waals surface area contributed by atoms with E-state index in [-0.39, 0.29) is 0 Å². The van der Waals surface area contributed by atoms with Crippen LogP contribution in [0.5, 0.6) is 11.5 Å². The number of aromatic nitrogens is 2. The maximum atomic E-state index is 5.81. The first-order chi connectivity index (χ1) is 9.72. The van der Waals surface area contributed by atoms with Crippen LogP contribution in [0.25, 0.3) is 22.2 Å². The summed E-state index contributed by atoms with van der Waals surface area (Å²) in [4.78, 5) is 4.37. The number of methoxy groups -OCH3 is 2. The zero-order valence-corrected chi connectivity index (χ0v) is 11.9. The van der Waals surface area contributed by atoms with Crippen LogP contribution in [0.1, 0.15) is 0 Å². The summed E-state index contributed by atoms with van der Waals surface area (Å²) in [6, 6.07) is 7.71. The van der Waals surface area contributed by atoms with Crippen LogP contribution >= 0.6 is 11.5 Å². The fourth-order valence-electron chi connectivity index (χ4n) is 2.03.